The third-order valence-electron chi connectivity index (χ3n) is 3.85. The minimum Gasteiger partial charge on any atom is -0.481 e. The minimum absolute atomic E-state index is 0.0552. The molecule has 1 aromatic heterocycles. The number of nitrogens with zero attached hydrogens (tertiary/aromatic N) is 2. The van der Waals surface area contributed by atoms with Crippen LogP contribution >= 0.6 is 11.8 Å². The number of aliphatic carboxylic acids is 1. The number of imidazole rings is 1. The zero-order valence-corrected chi connectivity index (χ0v) is 12.5. The predicted molar refractivity (Wildman–Crippen MR) is 80.3 cm³/mol. The van der Waals surface area contributed by atoms with Gasteiger partial charge in [0.15, 0.2) is 5.16 Å². The van der Waals surface area contributed by atoms with Crippen LogP contribution in [-0.4, -0.2) is 26.4 Å². The minimum atomic E-state index is -0.802. The molecule has 0 amide bonds. The predicted octanol–water partition coefficient (Wildman–Crippen LogP) is 3.49. The fraction of sp³-hybridized carbons (Fsp3) is 0.467. The van der Waals surface area contributed by atoms with Gasteiger partial charge in [-0.3, -0.25) is 4.79 Å². The monoisotopic (exact) mass is 290 g/mol. The molecule has 1 aliphatic carbocycles. The van der Waals surface area contributed by atoms with Crippen LogP contribution in [0.15, 0.2) is 23.4 Å². The molecule has 0 saturated heterocycles. The quantitative estimate of drug-likeness (QED) is 0.856. The molecule has 1 aromatic carbocycles. The normalized spacial score (nSPS) is 16.5. The lowest BCUT2D eigenvalue weighted by molar-refractivity contribution is -0.133. The average Bonchev–Trinajstić information content (AvgIpc) is 3.17. The molecule has 0 bridgehead atoms. The van der Waals surface area contributed by atoms with Gasteiger partial charge in [0.2, 0.25) is 0 Å². The van der Waals surface area contributed by atoms with Crippen molar-refractivity contribution in [2.45, 2.75) is 37.9 Å². The summed E-state index contributed by atoms with van der Waals surface area (Å²) in [5.74, 6) is -0.0404. The first-order valence-corrected chi connectivity index (χ1v) is 7.88. The van der Waals surface area contributed by atoms with E-state index in [1.165, 1.54) is 30.2 Å². The summed E-state index contributed by atoms with van der Waals surface area (Å²) in [6.45, 7) is 4.26. The molecule has 106 valence electrons. The first-order valence-electron chi connectivity index (χ1n) is 6.89. The van der Waals surface area contributed by atoms with E-state index in [4.69, 9.17) is 5.11 Å². The number of aromatic nitrogens is 2. The van der Waals surface area contributed by atoms with Crippen LogP contribution in [0.1, 0.15) is 31.4 Å². The summed E-state index contributed by atoms with van der Waals surface area (Å²) >= 11 is 1.31. The van der Waals surface area contributed by atoms with E-state index in [0.29, 0.717) is 12.0 Å². The standard InChI is InChI=1S/C15H18N2O2S/c1-9-3-6-13-12(7-9)16-15(20-8-14(18)19)17(13)10(2)11-4-5-11/h3,6-7,10-11H,4-5,8H2,1-2H3,(H,18,19). The van der Waals surface area contributed by atoms with Crippen LogP contribution in [-0.2, 0) is 4.79 Å². The number of hydrogen-bond donors (Lipinski definition) is 1. The summed E-state index contributed by atoms with van der Waals surface area (Å²) in [5, 5.41) is 9.71. The first kappa shape index (κ1) is 13.5. The molecule has 1 saturated carbocycles. The van der Waals surface area contributed by atoms with Gasteiger partial charge >= 0.3 is 5.97 Å². The van der Waals surface area contributed by atoms with Crippen LogP contribution in [0.4, 0.5) is 0 Å². The van der Waals surface area contributed by atoms with Gasteiger partial charge in [0.05, 0.1) is 16.8 Å². The number of carbonyl (C=O) groups is 1. The number of carboxylic acids is 1. The number of thioether (sulfide) groups is 1. The molecule has 4 nitrogen and oxygen atoms in total. The molecule has 0 radical (unpaired) electrons. The fourth-order valence-corrected chi connectivity index (χ4v) is 3.42. The topological polar surface area (TPSA) is 55.1 Å². The maximum atomic E-state index is 10.8. The number of aryl methyl sites for hydroxylation is 1. The summed E-state index contributed by atoms with van der Waals surface area (Å²) in [4.78, 5) is 15.5. The van der Waals surface area contributed by atoms with E-state index in [1.54, 1.807) is 0 Å². The molecular formula is C15H18N2O2S. The zero-order chi connectivity index (χ0) is 14.3. The number of carboxylic acid groups (broad SMARTS) is 1. The maximum Gasteiger partial charge on any atom is 0.313 e. The third kappa shape index (κ3) is 2.54. The van der Waals surface area contributed by atoms with Gasteiger partial charge in [0.25, 0.3) is 0 Å². The molecule has 1 atom stereocenters. The highest BCUT2D eigenvalue weighted by Gasteiger charge is 2.31. The molecule has 20 heavy (non-hydrogen) atoms. The Balaban J connectivity index is 2.05. The molecule has 0 spiro atoms. The SMILES string of the molecule is Cc1ccc2c(c1)nc(SCC(=O)O)n2C(C)C1CC1. The molecule has 0 aliphatic heterocycles. The second kappa shape index (κ2) is 5.13. The highest BCUT2D eigenvalue weighted by atomic mass is 32.2. The van der Waals surface area contributed by atoms with Crippen molar-refractivity contribution in [1.29, 1.82) is 0 Å². The van der Waals surface area contributed by atoms with Gasteiger partial charge in [0, 0.05) is 6.04 Å². The summed E-state index contributed by atoms with van der Waals surface area (Å²) in [6.07, 6.45) is 2.52. The molecule has 1 N–H and O–H groups in total. The molecule has 1 fully saturated rings. The van der Waals surface area contributed by atoms with Crippen molar-refractivity contribution in [1.82, 2.24) is 9.55 Å². The molecule has 5 heteroatoms. The lowest BCUT2D eigenvalue weighted by atomic mass is 10.2. The van der Waals surface area contributed by atoms with Gasteiger partial charge in [-0.05, 0) is 50.3 Å². The molecule has 1 aliphatic rings. The second-order valence-corrected chi connectivity index (χ2v) is 6.46. The van der Waals surface area contributed by atoms with Crippen molar-refractivity contribution in [3.05, 3.63) is 23.8 Å². The van der Waals surface area contributed by atoms with Crippen LogP contribution in [0, 0.1) is 12.8 Å². The van der Waals surface area contributed by atoms with Gasteiger partial charge in [-0.25, -0.2) is 4.98 Å². The molecule has 2 aromatic rings. The van der Waals surface area contributed by atoms with E-state index in [-0.39, 0.29) is 5.75 Å². The van der Waals surface area contributed by atoms with Crippen molar-refractivity contribution in [3.8, 4) is 0 Å². The number of benzene rings is 1. The second-order valence-electron chi connectivity index (χ2n) is 5.52. The van der Waals surface area contributed by atoms with E-state index in [9.17, 15) is 4.79 Å². The van der Waals surface area contributed by atoms with Crippen molar-refractivity contribution in [2.24, 2.45) is 5.92 Å². The fourth-order valence-electron chi connectivity index (χ4n) is 2.60. The summed E-state index contributed by atoms with van der Waals surface area (Å²) < 4.78 is 2.22. The van der Waals surface area contributed by atoms with Crippen molar-refractivity contribution >= 4 is 28.8 Å². The Kier molecular flexibility index (Phi) is 3.46. The van der Waals surface area contributed by atoms with E-state index in [0.717, 1.165) is 16.2 Å². The van der Waals surface area contributed by atoms with Gasteiger partial charge < -0.3 is 9.67 Å². The largest absolute Gasteiger partial charge is 0.481 e. The van der Waals surface area contributed by atoms with Crippen molar-refractivity contribution < 1.29 is 9.90 Å². The van der Waals surface area contributed by atoms with E-state index in [2.05, 4.69) is 34.7 Å². The van der Waals surface area contributed by atoms with Crippen LogP contribution in [0.5, 0.6) is 0 Å². The highest BCUT2D eigenvalue weighted by Crippen LogP contribution is 2.42. The lowest BCUT2D eigenvalue weighted by Gasteiger charge is -2.16. The van der Waals surface area contributed by atoms with Crippen LogP contribution in [0.3, 0.4) is 0 Å². The van der Waals surface area contributed by atoms with Gasteiger partial charge in [-0.1, -0.05) is 17.8 Å². The van der Waals surface area contributed by atoms with Gasteiger partial charge in [-0.15, -0.1) is 0 Å². The third-order valence-corrected chi connectivity index (χ3v) is 4.79. The van der Waals surface area contributed by atoms with Gasteiger partial charge in [-0.2, -0.15) is 0 Å². The average molecular weight is 290 g/mol. The Hall–Kier alpha value is -1.49. The Morgan fingerprint density at radius 3 is 2.95 bits per heavy atom. The highest BCUT2D eigenvalue weighted by molar-refractivity contribution is 7.99. The summed E-state index contributed by atoms with van der Waals surface area (Å²) in [5.41, 5.74) is 3.25. The Labute approximate surface area is 122 Å². The Bertz CT molecular complexity index is 661. The lowest BCUT2D eigenvalue weighted by Crippen LogP contribution is -2.09. The molecule has 3 rings (SSSR count). The van der Waals surface area contributed by atoms with Crippen LogP contribution < -0.4 is 0 Å². The van der Waals surface area contributed by atoms with E-state index in [1.807, 2.05) is 6.92 Å². The van der Waals surface area contributed by atoms with Gasteiger partial charge in [0.1, 0.15) is 0 Å². The van der Waals surface area contributed by atoms with E-state index >= 15 is 0 Å². The Morgan fingerprint density at radius 1 is 1.55 bits per heavy atom. The first-order chi connectivity index (χ1) is 9.56. The van der Waals surface area contributed by atoms with Crippen LogP contribution in [0.2, 0.25) is 0 Å². The number of fused-ring (bicyclic) bond motifs is 1. The van der Waals surface area contributed by atoms with E-state index < -0.39 is 5.97 Å². The maximum absolute atomic E-state index is 10.8. The summed E-state index contributed by atoms with van der Waals surface area (Å²) in [7, 11) is 0. The smallest absolute Gasteiger partial charge is 0.313 e. The van der Waals surface area contributed by atoms with Crippen molar-refractivity contribution in [2.75, 3.05) is 5.75 Å². The zero-order valence-electron chi connectivity index (χ0n) is 11.7. The molecular weight excluding hydrogens is 272 g/mol. The Morgan fingerprint density at radius 2 is 2.30 bits per heavy atom. The molecule has 1 heterocycles. The van der Waals surface area contributed by atoms with Crippen LogP contribution in [0.25, 0.3) is 11.0 Å². The molecule has 1 unspecified atom stereocenters. The number of rotatable bonds is 5. The summed E-state index contributed by atoms with van der Waals surface area (Å²) in [6, 6.07) is 6.64. The number of hydrogen-bond acceptors (Lipinski definition) is 3. The van der Waals surface area contributed by atoms with Crippen molar-refractivity contribution in [3.63, 3.8) is 0 Å².